The lowest BCUT2D eigenvalue weighted by molar-refractivity contribution is -0.133. The first-order chi connectivity index (χ1) is 14.6. The molecule has 2 fully saturated rings. The maximum absolute atomic E-state index is 13.1. The van der Waals surface area contributed by atoms with E-state index in [9.17, 15) is 4.79 Å². The van der Waals surface area contributed by atoms with Crippen molar-refractivity contribution in [2.45, 2.75) is 38.8 Å². The van der Waals surface area contributed by atoms with Gasteiger partial charge < -0.3 is 14.5 Å². The number of hydrogen-bond acceptors (Lipinski definition) is 7. The molecule has 3 heterocycles. The number of carbonyl (C=O) groups excluding carboxylic acids is 1. The topological polar surface area (TPSA) is 82.6 Å². The van der Waals surface area contributed by atoms with Gasteiger partial charge in [-0.25, -0.2) is 20.8 Å². The second-order valence-corrected chi connectivity index (χ2v) is 7.82. The van der Waals surface area contributed by atoms with Crippen molar-refractivity contribution < 1.29 is 9.53 Å². The van der Waals surface area contributed by atoms with Crippen LogP contribution in [0.15, 0.2) is 30.3 Å². The number of benzene rings is 1. The highest BCUT2D eigenvalue weighted by Gasteiger charge is 2.35. The smallest absolute Gasteiger partial charge is 0.241 e. The quantitative estimate of drug-likeness (QED) is 0.775. The number of methoxy groups -OCH3 is 1. The minimum absolute atomic E-state index is 0.0489. The molecule has 2 aromatic rings. The van der Waals surface area contributed by atoms with Gasteiger partial charge in [-0.15, -0.1) is 0 Å². The number of nitrogens with one attached hydrogen (secondary N) is 2. The average molecular weight is 411 g/mol. The molecule has 2 atom stereocenters. The lowest BCUT2D eigenvalue weighted by atomic mass is 10.0. The molecule has 0 bridgehead atoms. The zero-order valence-electron chi connectivity index (χ0n) is 17.9. The Bertz CT molecular complexity index is 897. The Morgan fingerprint density at radius 2 is 1.93 bits per heavy atom. The molecule has 2 unspecified atom stereocenters. The molecule has 0 saturated carbocycles. The van der Waals surface area contributed by atoms with Gasteiger partial charge >= 0.3 is 0 Å². The molecule has 1 amide bonds. The molecule has 0 spiro atoms. The molecule has 8 heteroatoms. The predicted molar refractivity (Wildman–Crippen MR) is 115 cm³/mol. The maximum atomic E-state index is 13.1. The summed E-state index contributed by atoms with van der Waals surface area (Å²) < 4.78 is 5.47. The van der Waals surface area contributed by atoms with Gasteiger partial charge in [-0.05, 0) is 19.4 Å². The second-order valence-electron chi connectivity index (χ2n) is 7.82. The highest BCUT2D eigenvalue weighted by molar-refractivity contribution is 5.82. The lowest BCUT2D eigenvalue weighted by Crippen LogP contribution is -2.53. The van der Waals surface area contributed by atoms with Crippen LogP contribution in [0.4, 0.5) is 5.82 Å². The third kappa shape index (κ3) is 4.24. The fourth-order valence-electron chi connectivity index (χ4n) is 4.18. The predicted octanol–water partition coefficient (Wildman–Crippen LogP) is 1.61. The van der Waals surface area contributed by atoms with Gasteiger partial charge in [-0.2, -0.15) is 0 Å². The van der Waals surface area contributed by atoms with Crippen molar-refractivity contribution in [1.29, 1.82) is 0 Å². The molecule has 0 aliphatic carbocycles. The number of hydrogen-bond donors (Lipinski definition) is 2. The first-order valence-electron chi connectivity index (χ1n) is 10.6. The van der Waals surface area contributed by atoms with Gasteiger partial charge in [0.25, 0.3) is 0 Å². The number of para-hydroxylation sites is 1. The van der Waals surface area contributed by atoms with Gasteiger partial charge in [0.15, 0.2) is 0 Å². The summed E-state index contributed by atoms with van der Waals surface area (Å²) in [6.45, 7) is 7.02. The highest BCUT2D eigenvalue weighted by atomic mass is 16.5. The van der Waals surface area contributed by atoms with E-state index in [-0.39, 0.29) is 18.0 Å². The van der Waals surface area contributed by atoms with Crippen molar-refractivity contribution in [3.8, 4) is 5.75 Å². The lowest BCUT2D eigenvalue weighted by Gasteiger charge is -2.36. The molecule has 8 nitrogen and oxygen atoms in total. The van der Waals surface area contributed by atoms with Gasteiger partial charge in [0.1, 0.15) is 23.4 Å². The highest BCUT2D eigenvalue weighted by Crippen LogP contribution is 2.30. The van der Waals surface area contributed by atoms with E-state index >= 15 is 0 Å². The van der Waals surface area contributed by atoms with Gasteiger partial charge in [0.2, 0.25) is 5.91 Å². The Hall–Kier alpha value is -2.71. The first-order valence-corrected chi connectivity index (χ1v) is 10.6. The fourth-order valence-corrected chi connectivity index (χ4v) is 4.18. The number of aryl methyl sites for hydroxylation is 2. The molecule has 0 radical (unpaired) electrons. The van der Waals surface area contributed by atoms with Crippen molar-refractivity contribution in [2.75, 3.05) is 38.2 Å². The van der Waals surface area contributed by atoms with Crippen molar-refractivity contribution in [3.05, 3.63) is 47.4 Å². The van der Waals surface area contributed by atoms with Crippen molar-refractivity contribution in [3.63, 3.8) is 0 Å². The molecule has 2 saturated heterocycles. The summed E-state index contributed by atoms with van der Waals surface area (Å²) in [6, 6.07) is 9.77. The van der Waals surface area contributed by atoms with Crippen LogP contribution in [0.25, 0.3) is 0 Å². The van der Waals surface area contributed by atoms with Crippen LogP contribution in [-0.2, 0) is 11.2 Å². The van der Waals surface area contributed by atoms with Gasteiger partial charge in [0.05, 0.1) is 13.2 Å². The molecule has 160 valence electrons. The van der Waals surface area contributed by atoms with Gasteiger partial charge in [-0.1, -0.05) is 25.1 Å². The summed E-state index contributed by atoms with van der Waals surface area (Å²) in [5.74, 6) is 2.81. The number of amides is 1. The monoisotopic (exact) mass is 410 g/mol. The molecular formula is C22H30N6O2. The van der Waals surface area contributed by atoms with Crippen LogP contribution in [0.5, 0.6) is 5.75 Å². The van der Waals surface area contributed by atoms with E-state index in [1.807, 2.05) is 42.2 Å². The first kappa shape index (κ1) is 20.6. The van der Waals surface area contributed by atoms with Crippen LogP contribution < -0.4 is 20.5 Å². The molecule has 2 aliphatic rings. The summed E-state index contributed by atoms with van der Waals surface area (Å²) in [5, 5.41) is 0. The van der Waals surface area contributed by atoms with E-state index in [4.69, 9.17) is 4.74 Å². The Balaban J connectivity index is 1.35. The molecule has 2 aliphatic heterocycles. The number of ether oxygens (including phenoxy) is 1. The number of piperazine rings is 1. The van der Waals surface area contributed by atoms with Gasteiger partial charge in [-0.3, -0.25) is 4.79 Å². The number of nitrogens with zero attached hydrogens (tertiary/aromatic N) is 4. The summed E-state index contributed by atoms with van der Waals surface area (Å²) in [5.41, 5.74) is 8.51. The maximum Gasteiger partial charge on any atom is 0.241 e. The van der Waals surface area contributed by atoms with Crippen LogP contribution in [0, 0.1) is 6.92 Å². The van der Waals surface area contributed by atoms with Crippen molar-refractivity contribution in [1.82, 2.24) is 25.7 Å². The normalized spacial score (nSPS) is 21.7. The minimum Gasteiger partial charge on any atom is -0.496 e. The Kier molecular flexibility index (Phi) is 6.15. The zero-order chi connectivity index (χ0) is 21.1. The van der Waals surface area contributed by atoms with E-state index in [0.29, 0.717) is 19.5 Å². The van der Waals surface area contributed by atoms with E-state index in [2.05, 4.69) is 32.6 Å². The van der Waals surface area contributed by atoms with Crippen LogP contribution in [-0.4, -0.2) is 60.1 Å². The number of rotatable bonds is 5. The van der Waals surface area contributed by atoms with Crippen LogP contribution in [0.1, 0.15) is 36.5 Å². The van der Waals surface area contributed by atoms with Gasteiger partial charge in [0, 0.05) is 49.9 Å². The molecular weight excluding hydrogens is 380 g/mol. The summed E-state index contributed by atoms with van der Waals surface area (Å²) >= 11 is 0. The molecule has 1 aromatic carbocycles. The summed E-state index contributed by atoms with van der Waals surface area (Å²) in [6.07, 6.45) is 1.52. The molecule has 4 rings (SSSR count). The van der Waals surface area contributed by atoms with Crippen molar-refractivity contribution >= 4 is 11.7 Å². The third-order valence-electron chi connectivity index (χ3n) is 5.83. The zero-order valence-corrected chi connectivity index (χ0v) is 17.9. The summed E-state index contributed by atoms with van der Waals surface area (Å²) in [4.78, 5) is 26.4. The minimum atomic E-state index is -0.237. The van der Waals surface area contributed by atoms with Crippen LogP contribution >= 0.6 is 0 Å². The fraction of sp³-hybridized carbons (Fsp3) is 0.500. The molecule has 2 N–H and O–H groups in total. The van der Waals surface area contributed by atoms with Crippen molar-refractivity contribution in [2.24, 2.45) is 0 Å². The standard InChI is InChI=1S/C22H30N6O2/c1-4-20-23-15(2)13-21(24-20)27-9-11-28(12-10-27)22(29)18-14-17(25-26-18)16-7-5-6-8-19(16)30-3/h5-8,13,17-18,25-26H,4,9-12,14H2,1-3H3. The molecule has 30 heavy (non-hydrogen) atoms. The average Bonchev–Trinajstić information content (AvgIpc) is 3.28. The van der Waals surface area contributed by atoms with E-state index in [1.54, 1.807) is 7.11 Å². The van der Waals surface area contributed by atoms with Crippen LogP contribution in [0.3, 0.4) is 0 Å². The number of hydrazine groups is 1. The Labute approximate surface area is 177 Å². The third-order valence-corrected chi connectivity index (χ3v) is 5.83. The number of aromatic nitrogens is 2. The number of anilines is 1. The SMILES string of the molecule is CCc1nc(C)cc(N2CCN(C(=O)C3CC(c4ccccc4OC)NN3)CC2)n1. The van der Waals surface area contributed by atoms with E-state index in [1.165, 1.54) is 0 Å². The van der Waals surface area contributed by atoms with E-state index in [0.717, 1.165) is 48.2 Å². The van der Waals surface area contributed by atoms with E-state index < -0.39 is 0 Å². The van der Waals surface area contributed by atoms with Crippen LogP contribution in [0.2, 0.25) is 0 Å². The second kappa shape index (κ2) is 8.97. The Morgan fingerprint density at radius 1 is 1.17 bits per heavy atom. The largest absolute Gasteiger partial charge is 0.496 e. The number of carbonyl (C=O) groups is 1. The summed E-state index contributed by atoms with van der Waals surface area (Å²) in [7, 11) is 1.67. The molecule has 1 aromatic heterocycles. The Morgan fingerprint density at radius 3 is 2.67 bits per heavy atom.